The molecule has 7 nitrogen and oxygen atoms in total. The number of pyridine rings is 1. The minimum atomic E-state index is -4.49. The molecule has 2 aromatic heterocycles. The number of alkyl halides is 4. The summed E-state index contributed by atoms with van der Waals surface area (Å²) in [5, 5.41) is 8.13. The van der Waals surface area contributed by atoms with Gasteiger partial charge in [-0.15, -0.1) is 0 Å². The van der Waals surface area contributed by atoms with E-state index in [9.17, 15) is 22.4 Å². The third-order valence-corrected chi connectivity index (χ3v) is 5.55. The van der Waals surface area contributed by atoms with E-state index in [1.165, 1.54) is 4.90 Å². The highest BCUT2D eigenvalue weighted by atomic mass is 19.4. The molecule has 4 rings (SSSR count). The lowest BCUT2D eigenvalue weighted by atomic mass is 10.0. The number of amides is 1. The van der Waals surface area contributed by atoms with Crippen LogP contribution in [0.3, 0.4) is 0 Å². The van der Waals surface area contributed by atoms with Gasteiger partial charge in [0.2, 0.25) is 11.8 Å². The number of carbonyl (C=O) groups excluding carboxylic acids is 1. The largest absolute Gasteiger partial charge is 0.439 e. The Hall–Kier alpha value is -3.47. The van der Waals surface area contributed by atoms with Crippen molar-refractivity contribution in [3.8, 4) is 11.6 Å². The lowest BCUT2D eigenvalue weighted by Gasteiger charge is -2.24. The van der Waals surface area contributed by atoms with E-state index >= 15 is 0 Å². The van der Waals surface area contributed by atoms with Crippen molar-refractivity contribution in [1.29, 1.82) is 5.41 Å². The molecule has 3 heterocycles. The molecule has 1 saturated heterocycles. The third-order valence-electron chi connectivity index (χ3n) is 5.55. The number of likely N-dealkylation sites (tertiary alicyclic amines) is 1. The van der Waals surface area contributed by atoms with Crippen molar-refractivity contribution in [2.24, 2.45) is 5.73 Å². The van der Waals surface area contributed by atoms with E-state index in [-0.39, 0.29) is 25.3 Å². The number of hydrogen-bond donors (Lipinski definition) is 3. The van der Waals surface area contributed by atoms with Gasteiger partial charge in [-0.2, -0.15) is 13.2 Å². The molecular formula is C22H21F4N5O2. The summed E-state index contributed by atoms with van der Waals surface area (Å²) >= 11 is 0. The zero-order chi connectivity index (χ0) is 23.8. The summed E-state index contributed by atoms with van der Waals surface area (Å²) < 4.78 is 57.4. The molecule has 1 fully saturated rings. The number of ether oxygens (including phenoxy) is 1. The van der Waals surface area contributed by atoms with Gasteiger partial charge in [0.15, 0.2) is 0 Å². The Kier molecular flexibility index (Phi) is 6.07. The molecule has 1 unspecified atom stereocenters. The van der Waals surface area contributed by atoms with E-state index in [2.05, 4.69) is 9.97 Å². The molecule has 0 bridgehead atoms. The van der Waals surface area contributed by atoms with Crippen LogP contribution in [0.2, 0.25) is 0 Å². The van der Waals surface area contributed by atoms with Crippen LogP contribution >= 0.6 is 0 Å². The van der Waals surface area contributed by atoms with Crippen LogP contribution in [0, 0.1) is 5.41 Å². The zero-order valence-electron chi connectivity index (χ0n) is 17.3. The predicted molar refractivity (Wildman–Crippen MR) is 113 cm³/mol. The molecule has 0 aliphatic carbocycles. The zero-order valence-corrected chi connectivity index (χ0v) is 17.3. The average Bonchev–Trinajstić information content (AvgIpc) is 3.35. The van der Waals surface area contributed by atoms with E-state index in [4.69, 9.17) is 15.9 Å². The first-order valence-corrected chi connectivity index (χ1v) is 10.2. The second kappa shape index (κ2) is 8.81. The lowest BCUT2D eigenvalue weighted by Crippen LogP contribution is -2.47. The van der Waals surface area contributed by atoms with E-state index in [0.717, 1.165) is 34.8 Å². The summed E-state index contributed by atoms with van der Waals surface area (Å²) in [6, 6.07) is 5.52. The predicted octanol–water partition coefficient (Wildman–Crippen LogP) is 3.83. The number of hydrogen-bond acceptors (Lipinski definition) is 5. The fraction of sp³-hybridized carbons (Fsp3) is 0.318. The van der Waals surface area contributed by atoms with Crippen LogP contribution < -0.4 is 10.5 Å². The van der Waals surface area contributed by atoms with Crippen molar-refractivity contribution < 1.29 is 27.1 Å². The van der Waals surface area contributed by atoms with Crippen LogP contribution in [0.1, 0.15) is 17.5 Å². The van der Waals surface area contributed by atoms with Gasteiger partial charge in [0.05, 0.1) is 24.2 Å². The normalized spacial score (nSPS) is 19.6. The Morgan fingerprint density at radius 3 is 2.82 bits per heavy atom. The van der Waals surface area contributed by atoms with Gasteiger partial charge in [-0.05, 0) is 36.2 Å². The summed E-state index contributed by atoms with van der Waals surface area (Å²) in [7, 11) is 0. The summed E-state index contributed by atoms with van der Waals surface area (Å²) in [6.45, 7) is -0.0847. The molecule has 3 aromatic rings. The monoisotopic (exact) mass is 463 g/mol. The van der Waals surface area contributed by atoms with Crippen molar-refractivity contribution in [3.05, 3.63) is 53.9 Å². The van der Waals surface area contributed by atoms with Crippen LogP contribution in [0.4, 0.5) is 17.6 Å². The van der Waals surface area contributed by atoms with Gasteiger partial charge in [0.1, 0.15) is 11.9 Å². The molecular weight excluding hydrogens is 442 g/mol. The Balaban J connectivity index is 1.50. The number of nitrogens with zero attached hydrogens (tertiary/aromatic N) is 2. The summed E-state index contributed by atoms with van der Waals surface area (Å²) in [6.07, 6.45) is -1.96. The van der Waals surface area contributed by atoms with Crippen molar-refractivity contribution in [3.63, 3.8) is 0 Å². The molecule has 1 aromatic carbocycles. The maximum atomic E-state index is 13.7. The Bertz CT molecular complexity index is 1160. The molecule has 0 radical (unpaired) electrons. The van der Waals surface area contributed by atoms with Gasteiger partial charge in [-0.1, -0.05) is 0 Å². The Labute approximate surface area is 186 Å². The van der Waals surface area contributed by atoms with Gasteiger partial charge in [0, 0.05) is 42.0 Å². The first-order chi connectivity index (χ1) is 15.7. The van der Waals surface area contributed by atoms with Gasteiger partial charge in [-0.25, -0.2) is 9.37 Å². The maximum Gasteiger partial charge on any atom is 0.417 e. The summed E-state index contributed by atoms with van der Waals surface area (Å²) in [5.74, 6) is -0.0858. The Morgan fingerprint density at radius 1 is 1.36 bits per heavy atom. The molecule has 11 heteroatoms. The van der Waals surface area contributed by atoms with Crippen LogP contribution in [-0.2, 0) is 17.4 Å². The van der Waals surface area contributed by atoms with Gasteiger partial charge in [-0.3, -0.25) is 4.79 Å². The standard InChI is InChI=1S/C22H21F4N5O2/c23-14-6-15(8-27)31(11-14)21(32)18(28)5-12-9-29-19-3-2-16(7-17(12)19)33-20-4-1-13(10-30-20)22(24,25)26/h1-4,7-10,14-15,18,27,29H,5-6,11,28H2/t14?,15-,18-/m0/s1. The molecule has 3 atom stereocenters. The SMILES string of the molecule is N=C[C@@H]1CC(F)CN1C(=O)[C@@H](N)Cc1c[nH]c2ccc(Oc3ccc(C(F)(F)F)cn3)cc12. The number of nitrogens with one attached hydrogen (secondary N) is 2. The average molecular weight is 463 g/mol. The van der Waals surface area contributed by atoms with E-state index in [1.54, 1.807) is 24.4 Å². The topological polar surface area (TPSA) is 108 Å². The van der Waals surface area contributed by atoms with Gasteiger partial charge < -0.3 is 25.8 Å². The summed E-state index contributed by atoms with van der Waals surface area (Å²) in [4.78, 5) is 20.8. The molecule has 1 aliphatic rings. The highest BCUT2D eigenvalue weighted by molar-refractivity contribution is 5.88. The number of aromatic nitrogens is 2. The minimum Gasteiger partial charge on any atom is -0.439 e. The number of H-pyrrole nitrogens is 1. The van der Waals surface area contributed by atoms with E-state index in [1.807, 2.05) is 0 Å². The smallest absolute Gasteiger partial charge is 0.417 e. The number of aromatic amines is 1. The molecule has 33 heavy (non-hydrogen) atoms. The van der Waals surface area contributed by atoms with Crippen LogP contribution in [0.5, 0.6) is 11.6 Å². The van der Waals surface area contributed by atoms with Crippen LogP contribution in [-0.4, -0.2) is 51.8 Å². The van der Waals surface area contributed by atoms with E-state index < -0.39 is 35.9 Å². The quantitative estimate of drug-likeness (QED) is 0.381. The molecule has 174 valence electrons. The van der Waals surface area contributed by atoms with E-state index in [0.29, 0.717) is 11.9 Å². The van der Waals surface area contributed by atoms with Crippen LogP contribution in [0.25, 0.3) is 10.9 Å². The maximum absolute atomic E-state index is 13.7. The fourth-order valence-corrected chi connectivity index (χ4v) is 3.88. The number of rotatable bonds is 6. The lowest BCUT2D eigenvalue weighted by molar-refractivity contribution is -0.138. The number of fused-ring (bicyclic) bond motifs is 1. The number of carbonyl (C=O) groups is 1. The van der Waals surface area contributed by atoms with Crippen molar-refractivity contribution >= 4 is 23.0 Å². The van der Waals surface area contributed by atoms with Crippen molar-refractivity contribution in [2.45, 2.75) is 37.3 Å². The second-order valence-corrected chi connectivity index (χ2v) is 7.87. The molecule has 4 N–H and O–H groups in total. The second-order valence-electron chi connectivity index (χ2n) is 7.87. The van der Waals surface area contributed by atoms with Crippen LogP contribution in [0.15, 0.2) is 42.7 Å². The first kappa shape index (κ1) is 22.7. The fourth-order valence-electron chi connectivity index (χ4n) is 3.88. The number of benzene rings is 1. The number of nitrogens with two attached hydrogens (primary N) is 1. The highest BCUT2D eigenvalue weighted by Gasteiger charge is 2.36. The third kappa shape index (κ3) is 4.82. The Morgan fingerprint density at radius 2 is 2.15 bits per heavy atom. The molecule has 0 spiro atoms. The molecule has 1 amide bonds. The summed E-state index contributed by atoms with van der Waals surface area (Å²) in [5.41, 5.74) is 6.71. The van der Waals surface area contributed by atoms with Crippen molar-refractivity contribution in [1.82, 2.24) is 14.9 Å². The number of halogens is 4. The van der Waals surface area contributed by atoms with Gasteiger partial charge in [0.25, 0.3) is 0 Å². The molecule has 0 saturated carbocycles. The molecule has 1 aliphatic heterocycles. The minimum absolute atomic E-state index is 0.00110. The highest BCUT2D eigenvalue weighted by Crippen LogP contribution is 2.31. The first-order valence-electron chi connectivity index (χ1n) is 10.2. The van der Waals surface area contributed by atoms with Crippen molar-refractivity contribution in [2.75, 3.05) is 6.54 Å². The van der Waals surface area contributed by atoms with Gasteiger partial charge >= 0.3 is 6.18 Å².